The Labute approximate surface area is 246 Å². The zero-order valence-electron chi connectivity index (χ0n) is 22.7. The lowest BCUT2D eigenvalue weighted by molar-refractivity contribution is -0.684. The fourth-order valence-electron chi connectivity index (χ4n) is 4.23. The zero-order valence-corrected chi connectivity index (χ0v) is 23.5. The number of benzene rings is 3. The number of rotatable bonds is 13. The minimum absolute atomic E-state index is 0. The van der Waals surface area contributed by atoms with E-state index in [1.165, 1.54) is 0 Å². The summed E-state index contributed by atoms with van der Waals surface area (Å²) in [5, 5.41) is 4.30. The Bertz CT molecular complexity index is 1370. The van der Waals surface area contributed by atoms with Gasteiger partial charge in [-0.1, -0.05) is 97.1 Å². The van der Waals surface area contributed by atoms with E-state index in [1.807, 2.05) is 89.8 Å². The van der Waals surface area contributed by atoms with Crippen LogP contribution in [-0.4, -0.2) is 28.2 Å². The van der Waals surface area contributed by atoms with Crippen LogP contribution in [0, 0.1) is 0 Å². The van der Waals surface area contributed by atoms with Gasteiger partial charge in [-0.25, -0.2) is 5.43 Å². The Kier molecular flexibility index (Phi) is 12.4. The van der Waals surface area contributed by atoms with Gasteiger partial charge in [0, 0.05) is 42.9 Å². The molecule has 3 aromatic carbocycles. The van der Waals surface area contributed by atoms with Crippen LogP contribution in [0.5, 0.6) is 0 Å². The molecule has 4 rings (SSSR count). The molecule has 2 amide bonds. The van der Waals surface area contributed by atoms with E-state index in [0.717, 1.165) is 11.1 Å². The van der Waals surface area contributed by atoms with Crippen molar-refractivity contribution in [3.63, 3.8) is 0 Å². The molecule has 0 bridgehead atoms. The first-order valence-corrected chi connectivity index (χ1v) is 13.3. The Balaban J connectivity index is 0.00000462. The van der Waals surface area contributed by atoms with Crippen molar-refractivity contribution < 1.29 is 31.4 Å². The molecule has 0 saturated heterocycles. The Morgan fingerprint density at radius 2 is 1.20 bits per heavy atom. The summed E-state index contributed by atoms with van der Waals surface area (Å²) in [7, 11) is 0. The van der Waals surface area contributed by atoms with Crippen molar-refractivity contribution in [2.75, 3.05) is 0 Å². The molecule has 0 aliphatic heterocycles. The van der Waals surface area contributed by atoms with Gasteiger partial charge in [-0.2, -0.15) is 9.67 Å². The van der Waals surface area contributed by atoms with Crippen molar-refractivity contribution in [3.05, 3.63) is 138 Å². The van der Waals surface area contributed by atoms with Crippen molar-refractivity contribution in [1.29, 1.82) is 0 Å². The molecule has 1 N–H and O–H groups in total. The van der Waals surface area contributed by atoms with Crippen LogP contribution in [0.15, 0.2) is 127 Å². The van der Waals surface area contributed by atoms with E-state index in [4.69, 9.17) is 0 Å². The van der Waals surface area contributed by atoms with E-state index in [0.29, 0.717) is 24.4 Å². The summed E-state index contributed by atoms with van der Waals surface area (Å²) in [6, 6.07) is 34.2. The van der Waals surface area contributed by atoms with Crippen LogP contribution >= 0.6 is 0 Å². The minimum Gasteiger partial charge on any atom is -1.00 e. The van der Waals surface area contributed by atoms with Gasteiger partial charge in [0.05, 0.1) is 6.42 Å². The van der Waals surface area contributed by atoms with Gasteiger partial charge >= 0.3 is 5.91 Å². The maximum Gasteiger partial charge on any atom is 0.305 e. The summed E-state index contributed by atoms with van der Waals surface area (Å²) < 4.78 is 1.73. The lowest BCUT2D eigenvalue weighted by atomic mass is 10.0. The first kappa shape index (κ1) is 30.9. The second-order valence-electron chi connectivity index (χ2n) is 9.45. The topological polar surface area (TPSA) is 82.7 Å². The third-order valence-electron chi connectivity index (χ3n) is 6.32. The number of nitrogens with zero attached hydrogens (tertiary/aromatic N) is 3. The molecule has 41 heavy (non-hydrogen) atoms. The second kappa shape index (κ2) is 16.5. The summed E-state index contributed by atoms with van der Waals surface area (Å²) >= 11 is 0. The summed E-state index contributed by atoms with van der Waals surface area (Å²) in [6.07, 6.45) is 3.99. The molecule has 0 aliphatic carbocycles. The summed E-state index contributed by atoms with van der Waals surface area (Å²) in [5.74, 6) is -0.496. The van der Waals surface area contributed by atoms with Crippen LogP contribution in [0.3, 0.4) is 0 Å². The number of Topliss-reactive ketones (excluding diaryl/α,β-unsaturated/α-hetero) is 1. The van der Waals surface area contributed by atoms with Crippen LogP contribution in [0.1, 0.15) is 40.7 Å². The van der Waals surface area contributed by atoms with Crippen LogP contribution in [-0.2, 0) is 29.2 Å². The maximum absolute atomic E-state index is 13.5. The number of carbonyl (C=O) groups excluding carboxylic acids is 3. The zero-order chi connectivity index (χ0) is 28.0. The highest BCUT2D eigenvalue weighted by Gasteiger charge is 2.18. The predicted molar refractivity (Wildman–Crippen MR) is 154 cm³/mol. The molecule has 0 spiro atoms. The third-order valence-corrected chi connectivity index (χ3v) is 6.32. The summed E-state index contributed by atoms with van der Waals surface area (Å²) in [5.41, 5.74) is 5.65. The lowest BCUT2D eigenvalue weighted by Gasteiger charge is -2.23. The number of hydrogen-bond donors (Lipinski definition) is 1. The van der Waals surface area contributed by atoms with Gasteiger partial charge in [-0.05, 0) is 17.5 Å². The van der Waals surface area contributed by atoms with Gasteiger partial charge in [-0.3, -0.25) is 14.4 Å². The molecular weight excluding hydrogens is 536 g/mol. The molecule has 7 nitrogen and oxygen atoms in total. The quantitative estimate of drug-likeness (QED) is 0.115. The van der Waals surface area contributed by atoms with E-state index in [9.17, 15) is 14.4 Å². The largest absolute Gasteiger partial charge is 1.00 e. The number of ketones is 1. The molecule has 1 heterocycles. The number of carbonyl (C=O) groups is 3. The van der Waals surface area contributed by atoms with Gasteiger partial charge in [0.25, 0.3) is 0 Å². The highest BCUT2D eigenvalue weighted by atomic mass is 35.5. The van der Waals surface area contributed by atoms with Crippen molar-refractivity contribution in [3.8, 4) is 0 Å². The standard InChI is InChI=1S/C33H32N4O3.ClH/c38-31(29-17-9-3-10-18-29)23-30(34-35-32(39)26-36-21-11-4-12-22-36)19-20-33(40)37(24-27-13-5-1-6-14-27)25-28-15-7-2-8-16-28;/h1-18,21-22H,19-20,23-26H2;1H. The minimum atomic E-state index is -0.318. The van der Waals surface area contributed by atoms with E-state index in [-0.39, 0.29) is 55.8 Å². The number of nitrogens with one attached hydrogen (secondary N) is 1. The van der Waals surface area contributed by atoms with Crippen molar-refractivity contribution >= 4 is 23.3 Å². The number of halogens is 1. The van der Waals surface area contributed by atoms with Crippen LogP contribution < -0.4 is 22.4 Å². The maximum atomic E-state index is 13.5. The number of aromatic nitrogens is 1. The van der Waals surface area contributed by atoms with Crippen molar-refractivity contribution in [2.24, 2.45) is 5.10 Å². The predicted octanol–water partition coefficient (Wildman–Crippen LogP) is 1.73. The molecular formula is C33H33ClN4O3. The first-order chi connectivity index (χ1) is 19.6. The lowest BCUT2D eigenvalue weighted by Crippen LogP contribution is -3.00. The molecule has 4 aromatic rings. The average molecular weight is 569 g/mol. The monoisotopic (exact) mass is 568 g/mol. The Hall–Kier alpha value is -4.62. The first-order valence-electron chi connectivity index (χ1n) is 13.3. The number of amides is 2. The van der Waals surface area contributed by atoms with E-state index in [2.05, 4.69) is 10.5 Å². The number of pyridine rings is 1. The normalized spacial score (nSPS) is 10.8. The molecule has 0 aliphatic rings. The summed E-state index contributed by atoms with van der Waals surface area (Å²) in [4.78, 5) is 40.8. The van der Waals surface area contributed by atoms with Gasteiger partial charge in [0.15, 0.2) is 18.2 Å². The molecule has 0 radical (unpaired) electrons. The fourth-order valence-corrected chi connectivity index (χ4v) is 4.23. The SMILES string of the molecule is O=C(C[n+]1ccccc1)NN=C(CCC(=O)N(Cc1ccccc1)Cc1ccccc1)CC(=O)c1ccccc1.[Cl-]. The van der Waals surface area contributed by atoms with Gasteiger partial charge in [-0.15, -0.1) is 0 Å². The van der Waals surface area contributed by atoms with Gasteiger partial charge in [0.1, 0.15) is 0 Å². The van der Waals surface area contributed by atoms with Crippen molar-refractivity contribution in [2.45, 2.75) is 38.9 Å². The summed E-state index contributed by atoms with van der Waals surface area (Å²) in [6.45, 7) is 1.02. The third kappa shape index (κ3) is 10.5. The molecule has 210 valence electrons. The van der Waals surface area contributed by atoms with Crippen LogP contribution in [0.25, 0.3) is 0 Å². The van der Waals surface area contributed by atoms with Gasteiger partial charge in [0.2, 0.25) is 12.5 Å². The number of hydrazone groups is 1. The smallest absolute Gasteiger partial charge is 0.305 e. The highest BCUT2D eigenvalue weighted by Crippen LogP contribution is 2.14. The fraction of sp³-hybridized carbons (Fsp3) is 0.182. The molecule has 0 saturated carbocycles. The Morgan fingerprint density at radius 1 is 0.683 bits per heavy atom. The molecule has 0 fully saturated rings. The second-order valence-corrected chi connectivity index (χ2v) is 9.45. The van der Waals surface area contributed by atoms with Crippen LogP contribution in [0.2, 0.25) is 0 Å². The Morgan fingerprint density at radius 3 is 1.76 bits per heavy atom. The average Bonchev–Trinajstić information content (AvgIpc) is 3.00. The van der Waals surface area contributed by atoms with Gasteiger partial charge < -0.3 is 17.3 Å². The highest BCUT2D eigenvalue weighted by molar-refractivity contribution is 6.10. The van der Waals surface area contributed by atoms with E-state index >= 15 is 0 Å². The van der Waals surface area contributed by atoms with Crippen LogP contribution in [0.4, 0.5) is 0 Å². The number of hydrogen-bond acceptors (Lipinski definition) is 4. The molecule has 8 heteroatoms. The molecule has 0 atom stereocenters. The van der Waals surface area contributed by atoms with Crippen molar-refractivity contribution in [1.82, 2.24) is 10.3 Å². The van der Waals surface area contributed by atoms with E-state index < -0.39 is 0 Å². The van der Waals surface area contributed by atoms with E-state index in [1.54, 1.807) is 41.2 Å². The molecule has 1 aromatic heterocycles. The molecule has 0 unspecified atom stereocenters.